The molecule has 0 spiro atoms. The van der Waals surface area contributed by atoms with Gasteiger partial charge in [-0.3, -0.25) is 14.6 Å². The Balaban J connectivity index is 1.26. The van der Waals surface area contributed by atoms with Crippen LogP contribution in [0.4, 0.5) is 4.39 Å². The molecule has 4 rings (SSSR count). The van der Waals surface area contributed by atoms with Crippen LogP contribution in [0.15, 0.2) is 48.5 Å². The molecule has 2 heterocycles. The molecule has 1 atom stereocenters. The maximum absolute atomic E-state index is 13.7. The molecule has 2 aromatic carbocycles. The molecule has 1 amide bonds. The Morgan fingerprint density at radius 2 is 1.86 bits per heavy atom. The molecule has 0 radical (unpaired) electrons. The summed E-state index contributed by atoms with van der Waals surface area (Å²) in [6.45, 7) is 6.45. The molecular formula is C22H25FN4OS. The molecule has 0 bridgehead atoms. The first-order valence-electron chi connectivity index (χ1n) is 9.92. The summed E-state index contributed by atoms with van der Waals surface area (Å²) in [6.07, 6.45) is 0. The highest BCUT2D eigenvalue weighted by molar-refractivity contribution is 7.18. The Kier molecular flexibility index (Phi) is 6.18. The minimum atomic E-state index is -0.288. The van der Waals surface area contributed by atoms with E-state index in [0.717, 1.165) is 43.2 Å². The van der Waals surface area contributed by atoms with E-state index < -0.39 is 0 Å². The molecule has 1 fully saturated rings. The van der Waals surface area contributed by atoms with Gasteiger partial charge in [0.2, 0.25) is 5.91 Å². The summed E-state index contributed by atoms with van der Waals surface area (Å²) in [6, 6.07) is 14.5. The number of nitrogens with one attached hydrogen (secondary N) is 1. The number of para-hydroxylation sites is 1. The molecule has 7 heteroatoms. The topological polar surface area (TPSA) is 48.5 Å². The van der Waals surface area contributed by atoms with Crippen molar-refractivity contribution in [2.24, 2.45) is 0 Å². The van der Waals surface area contributed by atoms with Crippen molar-refractivity contribution < 1.29 is 9.18 Å². The van der Waals surface area contributed by atoms with Crippen LogP contribution in [0.1, 0.15) is 17.5 Å². The van der Waals surface area contributed by atoms with Crippen LogP contribution in [0.3, 0.4) is 0 Å². The second kappa shape index (κ2) is 8.98. The van der Waals surface area contributed by atoms with Gasteiger partial charge in [0, 0.05) is 38.3 Å². The van der Waals surface area contributed by atoms with Crippen LogP contribution in [0.5, 0.6) is 0 Å². The molecule has 152 valence electrons. The number of aromatic nitrogens is 1. The van der Waals surface area contributed by atoms with Crippen LogP contribution in [-0.4, -0.2) is 52.9 Å². The number of carbonyl (C=O) groups is 1. The van der Waals surface area contributed by atoms with Gasteiger partial charge >= 0.3 is 0 Å². The first kappa shape index (κ1) is 19.9. The predicted octanol–water partition coefficient (Wildman–Crippen LogP) is 3.26. The number of hydrogen-bond donors (Lipinski definition) is 1. The van der Waals surface area contributed by atoms with E-state index in [0.29, 0.717) is 5.56 Å². The van der Waals surface area contributed by atoms with Crippen molar-refractivity contribution in [3.8, 4) is 0 Å². The van der Waals surface area contributed by atoms with E-state index in [2.05, 4.69) is 27.2 Å². The van der Waals surface area contributed by atoms with Gasteiger partial charge in [-0.15, -0.1) is 11.3 Å². The lowest BCUT2D eigenvalue weighted by Gasteiger charge is -2.37. The summed E-state index contributed by atoms with van der Waals surface area (Å²) in [5, 5.41) is 3.99. The van der Waals surface area contributed by atoms with E-state index in [4.69, 9.17) is 4.98 Å². The Morgan fingerprint density at radius 3 is 2.62 bits per heavy atom. The third-order valence-corrected chi connectivity index (χ3v) is 6.46. The molecule has 3 aromatic rings. The molecule has 1 saturated heterocycles. The monoisotopic (exact) mass is 412 g/mol. The molecule has 5 nitrogen and oxygen atoms in total. The van der Waals surface area contributed by atoms with Gasteiger partial charge < -0.3 is 5.32 Å². The highest BCUT2D eigenvalue weighted by Gasteiger charge is 2.26. The van der Waals surface area contributed by atoms with Crippen LogP contribution in [0, 0.1) is 5.82 Å². The summed E-state index contributed by atoms with van der Waals surface area (Å²) in [4.78, 5) is 21.8. The van der Waals surface area contributed by atoms with Gasteiger partial charge in [-0.1, -0.05) is 30.3 Å². The zero-order chi connectivity index (χ0) is 20.2. The van der Waals surface area contributed by atoms with Crippen molar-refractivity contribution in [2.45, 2.75) is 26.1 Å². The van der Waals surface area contributed by atoms with E-state index >= 15 is 0 Å². The standard InChI is InChI=1S/C22H25FN4OS/c1-16(22(28)24-14-17-6-2-3-7-18(17)23)27-12-10-26(11-13-27)15-21-25-19-8-4-5-9-20(19)29-21/h2-9,16H,10-15H2,1H3,(H,24,28). The lowest BCUT2D eigenvalue weighted by Crippen LogP contribution is -2.53. The molecular weight excluding hydrogens is 387 g/mol. The molecule has 1 aliphatic rings. The number of hydrogen-bond acceptors (Lipinski definition) is 5. The van der Waals surface area contributed by atoms with Crippen LogP contribution < -0.4 is 5.32 Å². The average molecular weight is 413 g/mol. The van der Waals surface area contributed by atoms with Gasteiger partial charge in [0.25, 0.3) is 0 Å². The Hall–Kier alpha value is -2.35. The normalized spacial score (nSPS) is 16.8. The third kappa shape index (κ3) is 4.80. The summed E-state index contributed by atoms with van der Waals surface area (Å²) in [5.41, 5.74) is 1.57. The van der Waals surface area contributed by atoms with Crippen LogP contribution in [0.25, 0.3) is 10.2 Å². The summed E-state index contributed by atoms with van der Waals surface area (Å²) in [5.74, 6) is -0.350. The maximum atomic E-state index is 13.7. The first-order chi connectivity index (χ1) is 14.1. The van der Waals surface area contributed by atoms with Crippen molar-refractivity contribution in [1.82, 2.24) is 20.1 Å². The number of fused-ring (bicyclic) bond motifs is 1. The Bertz CT molecular complexity index is 951. The van der Waals surface area contributed by atoms with Crippen molar-refractivity contribution in [3.05, 3.63) is 64.9 Å². The average Bonchev–Trinajstić information content (AvgIpc) is 3.15. The quantitative estimate of drug-likeness (QED) is 0.675. The van der Waals surface area contributed by atoms with Gasteiger partial charge in [-0.05, 0) is 25.1 Å². The van der Waals surface area contributed by atoms with E-state index in [9.17, 15) is 9.18 Å². The largest absolute Gasteiger partial charge is 0.351 e. The Morgan fingerprint density at radius 1 is 1.14 bits per heavy atom. The maximum Gasteiger partial charge on any atom is 0.237 e. The van der Waals surface area contributed by atoms with E-state index in [1.165, 1.54) is 10.8 Å². The lowest BCUT2D eigenvalue weighted by molar-refractivity contribution is -0.126. The number of halogens is 1. The fourth-order valence-electron chi connectivity index (χ4n) is 3.63. The van der Waals surface area contributed by atoms with Crippen LogP contribution >= 0.6 is 11.3 Å². The molecule has 0 aliphatic carbocycles. The van der Waals surface area contributed by atoms with Gasteiger partial charge in [-0.25, -0.2) is 9.37 Å². The second-order valence-electron chi connectivity index (χ2n) is 7.37. The second-order valence-corrected chi connectivity index (χ2v) is 8.49. The fourth-order valence-corrected chi connectivity index (χ4v) is 4.64. The van der Waals surface area contributed by atoms with Gasteiger partial charge in [0.15, 0.2) is 0 Å². The van der Waals surface area contributed by atoms with Crippen molar-refractivity contribution >= 4 is 27.5 Å². The van der Waals surface area contributed by atoms with Crippen molar-refractivity contribution in [1.29, 1.82) is 0 Å². The zero-order valence-electron chi connectivity index (χ0n) is 16.5. The lowest BCUT2D eigenvalue weighted by atomic mass is 10.2. The highest BCUT2D eigenvalue weighted by atomic mass is 32.1. The van der Waals surface area contributed by atoms with Gasteiger partial charge in [0.05, 0.1) is 22.8 Å². The summed E-state index contributed by atoms with van der Waals surface area (Å²) < 4.78 is 14.9. The van der Waals surface area contributed by atoms with Gasteiger partial charge in [0.1, 0.15) is 10.8 Å². The minimum Gasteiger partial charge on any atom is -0.351 e. The number of benzene rings is 2. The molecule has 0 saturated carbocycles. The number of thiazole rings is 1. The third-order valence-electron chi connectivity index (χ3n) is 5.44. The van der Waals surface area contributed by atoms with E-state index in [-0.39, 0.29) is 24.3 Å². The smallest absolute Gasteiger partial charge is 0.237 e. The number of rotatable bonds is 6. The number of piperazine rings is 1. The number of amides is 1. The minimum absolute atomic E-state index is 0.0622. The van der Waals surface area contributed by atoms with E-state index in [1.54, 1.807) is 29.5 Å². The molecule has 1 aromatic heterocycles. The van der Waals surface area contributed by atoms with Crippen LogP contribution in [0.2, 0.25) is 0 Å². The SMILES string of the molecule is CC(C(=O)NCc1ccccc1F)N1CCN(Cc2nc3ccccc3s2)CC1. The molecule has 1 unspecified atom stereocenters. The predicted molar refractivity (Wildman–Crippen MR) is 114 cm³/mol. The summed E-state index contributed by atoms with van der Waals surface area (Å²) >= 11 is 1.75. The molecule has 1 N–H and O–H groups in total. The summed E-state index contributed by atoms with van der Waals surface area (Å²) in [7, 11) is 0. The number of nitrogens with zero attached hydrogens (tertiary/aromatic N) is 3. The fraction of sp³-hybridized carbons (Fsp3) is 0.364. The number of carbonyl (C=O) groups excluding carboxylic acids is 1. The van der Waals surface area contributed by atoms with E-state index in [1.807, 2.05) is 19.1 Å². The van der Waals surface area contributed by atoms with Gasteiger partial charge in [-0.2, -0.15) is 0 Å². The van der Waals surface area contributed by atoms with Crippen molar-refractivity contribution in [3.63, 3.8) is 0 Å². The Labute approximate surface area is 174 Å². The molecule has 29 heavy (non-hydrogen) atoms. The highest BCUT2D eigenvalue weighted by Crippen LogP contribution is 2.23. The molecule has 1 aliphatic heterocycles. The zero-order valence-corrected chi connectivity index (χ0v) is 17.3. The van der Waals surface area contributed by atoms with Crippen molar-refractivity contribution in [2.75, 3.05) is 26.2 Å². The van der Waals surface area contributed by atoms with Crippen LogP contribution in [-0.2, 0) is 17.9 Å². The first-order valence-corrected chi connectivity index (χ1v) is 10.7.